The van der Waals surface area contributed by atoms with E-state index in [0.29, 0.717) is 11.1 Å². The first kappa shape index (κ1) is 16.3. The van der Waals surface area contributed by atoms with Crippen molar-refractivity contribution in [3.05, 3.63) is 36.0 Å². The van der Waals surface area contributed by atoms with Crippen LogP contribution >= 0.6 is 0 Å². The Kier molecular flexibility index (Phi) is 6.19. The highest BCUT2D eigenvalue weighted by Gasteiger charge is 2.12. The molecule has 4 heteroatoms. The molecule has 0 aliphatic rings. The van der Waals surface area contributed by atoms with E-state index in [2.05, 4.69) is 17.0 Å². The van der Waals surface area contributed by atoms with E-state index >= 15 is 0 Å². The first-order valence-corrected chi connectivity index (χ1v) is 8.11. The molecular weight excluding hydrogens is 274 g/mol. The number of hydrogen-bond acceptors (Lipinski definition) is 4. The predicted octanol–water partition coefficient (Wildman–Crippen LogP) is 4.35. The second kappa shape index (κ2) is 8.37. The van der Waals surface area contributed by atoms with Gasteiger partial charge in [-0.1, -0.05) is 51.2 Å². The third kappa shape index (κ3) is 3.97. The molecule has 0 amide bonds. The molecule has 2 aromatic rings. The van der Waals surface area contributed by atoms with Crippen molar-refractivity contribution >= 4 is 16.6 Å². The van der Waals surface area contributed by atoms with Gasteiger partial charge in [0, 0.05) is 17.1 Å². The molecule has 0 aliphatic heterocycles. The third-order valence-electron chi connectivity index (χ3n) is 3.98. The summed E-state index contributed by atoms with van der Waals surface area (Å²) in [4.78, 5) is 4.24. The highest BCUT2D eigenvalue weighted by atomic mass is 16.3. The molecule has 0 unspecified atom stereocenters. The van der Waals surface area contributed by atoms with Crippen LogP contribution in [0.5, 0.6) is 5.75 Å². The smallest absolute Gasteiger partial charge is 0.150 e. The molecule has 0 fully saturated rings. The number of phenols is 1. The SMILES string of the molecule is CCCCCCCCC(=NN)c1ccc2cccnc2c1O. The lowest BCUT2D eigenvalue weighted by Gasteiger charge is -2.09. The summed E-state index contributed by atoms with van der Waals surface area (Å²) in [5.41, 5.74) is 2.05. The van der Waals surface area contributed by atoms with E-state index in [9.17, 15) is 5.11 Å². The maximum atomic E-state index is 10.4. The van der Waals surface area contributed by atoms with E-state index in [1.807, 2.05) is 24.3 Å². The van der Waals surface area contributed by atoms with Gasteiger partial charge >= 0.3 is 0 Å². The van der Waals surface area contributed by atoms with Crippen molar-refractivity contribution in [1.29, 1.82) is 0 Å². The van der Waals surface area contributed by atoms with Crippen molar-refractivity contribution in [2.75, 3.05) is 0 Å². The average molecular weight is 299 g/mol. The van der Waals surface area contributed by atoms with Gasteiger partial charge in [0.15, 0.2) is 5.75 Å². The number of benzene rings is 1. The van der Waals surface area contributed by atoms with Gasteiger partial charge in [-0.15, -0.1) is 0 Å². The van der Waals surface area contributed by atoms with E-state index in [4.69, 9.17) is 5.84 Å². The fourth-order valence-electron chi connectivity index (χ4n) is 2.70. The fraction of sp³-hybridized carbons (Fsp3) is 0.444. The lowest BCUT2D eigenvalue weighted by Crippen LogP contribution is -2.05. The van der Waals surface area contributed by atoms with E-state index < -0.39 is 0 Å². The molecule has 1 heterocycles. The number of nitrogens with two attached hydrogens (primary N) is 1. The first-order valence-electron chi connectivity index (χ1n) is 8.11. The summed E-state index contributed by atoms with van der Waals surface area (Å²) in [5, 5.41) is 15.2. The molecule has 0 saturated heterocycles. The summed E-state index contributed by atoms with van der Waals surface area (Å²) in [7, 11) is 0. The van der Waals surface area contributed by atoms with Gasteiger partial charge in [0.05, 0.1) is 5.71 Å². The van der Waals surface area contributed by atoms with Crippen LogP contribution in [0.1, 0.15) is 57.4 Å². The lowest BCUT2D eigenvalue weighted by atomic mass is 10.00. The third-order valence-corrected chi connectivity index (χ3v) is 3.98. The molecule has 0 spiro atoms. The van der Waals surface area contributed by atoms with Gasteiger partial charge in [-0.3, -0.25) is 4.98 Å². The molecule has 0 atom stereocenters. The molecule has 22 heavy (non-hydrogen) atoms. The maximum Gasteiger partial charge on any atom is 0.150 e. The molecule has 0 bridgehead atoms. The van der Waals surface area contributed by atoms with Crippen molar-refractivity contribution in [3.8, 4) is 5.75 Å². The summed E-state index contributed by atoms with van der Waals surface area (Å²) in [6.45, 7) is 2.22. The average Bonchev–Trinajstić information content (AvgIpc) is 2.56. The number of hydrogen-bond donors (Lipinski definition) is 2. The Morgan fingerprint density at radius 1 is 1.14 bits per heavy atom. The van der Waals surface area contributed by atoms with Crippen LogP contribution in [-0.4, -0.2) is 15.8 Å². The molecule has 1 aromatic heterocycles. The van der Waals surface area contributed by atoms with Gasteiger partial charge in [-0.25, -0.2) is 0 Å². The molecule has 0 saturated carbocycles. The zero-order chi connectivity index (χ0) is 15.8. The number of fused-ring (bicyclic) bond motifs is 1. The standard InChI is InChI=1S/C18H25N3O/c1-2-3-4-5-6-7-10-16(21-19)15-12-11-14-9-8-13-20-17(14)18(15)22/h8-9,11-13,22H,2-7,10,19H2,1H3. The number of aromatic nitrogens is 1. The number of phenolic OH excluding ortho intramolecular Hbond substituents is 1. The number of nitrogens with zero attached hydrogens (tertiary/aromatic N) is 2. The number of aromatic hydroxyl groups is 1. The predicted molar refractivity (Wildman–Crippen MR) is 92.1 cm³/mol. The molecule has 0 aliphatic carbocycles. The van der Waals surface area contributed by atoms with E-state index in [1.54, 1.807) is 6.20 Å². The Morgan fingerprint density at radius 3 is 2.68 bits per heavy atom. The molecular formula is C18H25N3O. The van der Waals surface area contributed by atoms with Gasteiger partial charge in [-0.05, 0) is 25.0 Å². The second-order valence-electron chi connectivity index (χ2n) is 5.63. The number of pyridine rings is 1. The number of hydrazone groups is 1. The van der Waals surface area contributed by atoms with Crippen LogP contribution in [0.2, 0.25) is 0 Å². The van der Waals surface area contributed by atoms with Crippen LogP contribution in [0.4, 0.5) is 0 Å². The molecule has 1 aromatic carbocycles. The van der Waals surface area contributed by atoms with Crippen molar-refractivity contribution in [2.24, 2.45) is 10.9 Å². The van der Waals surface area contributed by atoms with Crippen LogP contribution in [0.15, 0.2) is 35.6 Å². The lowest BCUT2D eigenvalue weighted by molar-refractivity contribution is 0.479. The highest BCUT2D eigenvalue weighted by molar-refractivity contribution is 6.06. The Bertz CT molecular complexity index is 637. The van der Waals surface area contributed by atoms with Gasteiger partial charge in [0.2, 0.25) is 0 Å². The van der Waals surface area contributed by atoms with E-state index in [-0.39, 0.29) is 5.75 Å². The van der Waals surface area contributed by atoms with Crippen LogP contribution in [-0.2, 0) is 0 Å². The Labute approximate surface area is 132 Å². The van der Waals surface area contributed by atoms with Crippen LogP contribution < -0.4 is 5.84 Å². The van der Waals surface area contributed by atoms with Crippen LogP contribution in [0, 0.1) is 0 Å². The maximum absolute atomic E-state index is 10.4. The zero-order valence-electron chi connectivity index (χ0n) is 13.3. The minimum atomic E-state index is 0.174. The van der Waals surface area contributed by atoms with Crippen molar-refractivity contribution in [1.82, 2.24) is 4.98 Å². The minimum Gasteiger partial charge on any atom is -0.505 e. The molecule has 4 nitrogen and oxygen atoms in total. The monoisotopic (exact) mass is 299 g/mol. The summed E-state index contributed by atoms with van der Waals surface area (Å²) < 4.78 is 0. The highest BCUT2D eigenvalue weighted by Crippen LogP contribution is 2.28. The topological polar surface area (TPSA) is 71.5 Å². The summed E-state index contributed by atoms with van der Waals surface area (Å²) in [6, 6.07) is 7.61. The normalized spacial score (nSPS) is 12.0. The first-order chi connectivity index (χ1) is 10.8. The van der Waals surface area contributed by atoms with Crippen molar-refractivity contribution in [3.63, 3.8) is 0 Å². The number of unbranched alkanes of at least 4 members (excludes halogenated alkanes) is 5. The molecule has 0 radical (unpaired) electrons. The largest absolute Gasteiger partial charge is 0.505 e. The van der Waals surface area contributed by atoms with Gasteiger partial charge in [0.1, 0.15) is 5.52 Å². The quantitative estimate of drug-likeness (QED) is 0.329. The second-order valence-corrected chi connectivity index (χ2v) is 5.63. The van der Waals surface area contributed by atoms with E-state index in [0.717, 1.165) is 23.9 Å². The summed E-state index contributed by atoms with van der Waals surface area (Å²) in [5.74, 6) is 5.71. The fourth-order valence-corrected chi connectivity index (χ4v) is 2.70. The van der Waals surface area contributed by atoms with Crippen molar-refractivity contribution < 1.29 is 5.11 Å². The van der Waals surface area contributed by atoms with Crippen LogP contribution in [0.25, 0.3) is 10.9 Å². The number of rotatable bonds is 8. The Hall–Kier alpha value is -2.10. The van der Waals surface area contributed by atoms with Crippen molar-refractivity contribution in [2.45, 2.75) is 51.9 Å². The van der Waals surface area contributed by atoms with E-state index in [1.165, 1.54) is 32.1 Å². The summed E-state index contributed by atoms with van der Waals surface area (Å²) >= 11 is 0. The Balaban J connectivity index is 2.04. The van der Waals surface area contributed by atoms with Gasteiger partial charge in [0.25, 0.3) is 0 Å². The zero-order valence-corrected chi connectivity index (χ0v) is 13.3. The molecule has 3 N–H and O–H groups in total. The Morgan fingerprint density at radius 2 is 1.91 bits per heavy atom. The molecule has 118 valence electrons. The molecule has 2 rings (SSSR count). The minimum absolute atomic E-state index is 0.174. The van der Waals surface area contributed by atoms with Gasteiger partial charge < -0.3 is 10.9 Å². The summed E-state index contributed by atoms with van der Waals surface area (Å²) in [6.07, 6.45) is 9.77. The van der Waals surface area contributed by atoms with Gasteiger partial charge in [-0.2, -0.15) is 5.10 Å². The van der Waals surface area contributed by atoms with Crippen LogP contribution in [0.3, 0.4) is 0 Å².